The van der Waals surface area contributed by atoms with Gasteiger partial charge >= 0.3 is 0 Å². The van der Waals surface area contributed by atoms with Crippen molar-refractivity contribution in [3.8, 4) is 0 Å². The summed E-state index contributed by atoms with van der Waals surface area (Å²) in [6, 6.07) is 8.18. The Balaban J connectivity index is 2.44. The lowest BCUT2D eigenvalue weighted by molar-refractivity contribution is 1.31. The van der Waals surface area contributed by atoms with Gasteiger partial charge in [0.05, 0.1) is 10.2 Å². The van der Waals surface area contributed by atoms with Gasteiger partial charge in [0.15, 0.2) is 4.34 Å². The molecule has 0 N–H and O–H groups in total. The Morgan fingerprint density at radius 3 is 2.92 bits per heavy atom. The second kappa shape index (κ2) is 3.52. The van der Waals surface area contributed by atoms with E-state index >= 15 is 0 Å². The van der Waals surface area contributed by atoms with Gasteiger partial charge in [-0.05, 0) is 24.0 Å². The normalized spacial score (nSPS) is 10.5. The lowest BCUT2D eigenvalue weighted by Gasteiger charge is -1.89. The van der Waals surface area contributed by atoms with Gasteiger partial charge in [-0.3, -0.25) is 0 Å². The third kappa shape index (κ3) is 1.92. The van der Waals surface area contributed by atoms with E-state index in [0.29, 0.717) is 0 Å². The van der Waals surface area contributed by atoms with Gasteiger partial charge < -0.3 is 0 Å². The molecule has 0 bridgehead atoms. The molecule has 0 saturated carbocycles. The van der Waals surface area contributed by atoms with Gasteiger partial charge in [0, 0.05) is 0 Å². The molecule has 1 heterocycles. The first-order chi connectivity index (χ1) is 6.25. The molecule has 0 amide bonds. The Morgan fingerprint density at radius 1 is 1.46 bits per heavy atom. The Hall–Kier alpha value is -0.800. The molecule has 0 fully saturated rings. The molecule has 13 heavy (non-hydrogen) atoms. The van der Waals surface area contributed by atoms with E-state index in [1.165, 1.54) is 4.70 Å². The van der Waals surface area contributed by atoms with Gasteiger partial charge in [0.2, 0.25) is 0 Å². The molecular formula is C10H9NS2. The number of fused-ring (bicyclic) bond motifs is 1. The first-order valence-corrected chi connectivity index (χ1v) is 5.58. The van der Waals surface area contributed by atoms with E-state index in [0.717, 1.165) is 14.8 Å². The van der Waals surface area contributed by atoms with Crippen LogP contribution < -0.4 is 0 Å². The van der Waals surface area contributed by atoms with Crippen molar-refractivity contribution in [3.05, 3.63) is 35.7 Å². The quantitative estimate of drug-likeness (QED) is 0.692. The van der Waals surface area contributed by atoms with Crippen LogP contribution in [0.5, 0.6) is 0 Å². The summed E-state index contributed by atoms with van der Waals surface area (Å²) < 4.78 is 2.32. The van der Waals surface area contributed by atoms with Gasteiger partial charge in [0.25, 0.3) is 0 Å². The maximum atomic E-state index is 4.47. The smallest absolute Gasteiger partial charge is 0.155 e. The molecular weight excluding hydrogens is 198 g/mol. The highest BCUT2D eigenvalue weighted by atomic mass is 32.2. The molecule has 0 aliphatic heterocycles. The Morgan fingerprint density at radius 2 is 2.23 bits per heavy atom. The zero-order valence-corrected chi connectivity index (χ0v) is 8.91. The topological polar surface area (TPSA) is 12.9 Å². The summed E-state index contributed by atoms with van der Waals surface area (Å²) in [7, 11) is 0. The molecule has 1 aromatic carbocycles. The minimum absolute atomic E-state index is 1.08. The first kappa shape index (κ1) is 8.78. The molecule has 1 aromatic heterocycles. The van der Waals surface area contributed by atoms with Gasteiger partial charge in [-0.25, -0.2) is 4.98 Å². The molecule has 0 aliphatic carbocycles. The van der Waals surface area contributed by atoms with E-state index in [4.69, 9.17) is 0 Å². The number of rotatable bonds is 2. The van der Waals surface area contributed by atoms with E-state index in [1.54, 1.807) is 23.1 Å². The minimum Gasteiger partial charge on any atom is -0.229 e. The second-order valence-corrected chi connectivity index (χ2v) is 5.33. The Kier molecular flexibility index (Phi) is 2.38. The highest BCUT2D eigenvalue weighted by Gasteiger charge is 2.02. The number of aromatic nitrogens is 1. The first-order valence-electron chi connectivity index (χ1n) is 3.94. The van der Waals surface area contributed by atoms with Crippen molar-refractivity contribution >= 4 is 33.3 Å². The number of benzene rings is 1. The third-order valence-corrected chi connectivity index (χ3v) is 3.48. The molecule has 1 nitrogen and oxygen atoms in total. The molecule has 2 aromatic rings. The van der Waals surface area contributed by atoms with Crippen molar-refractivity contribution in [2.45, 2.75) is 11.3 Å². The fourth-order valence-electron chi connectivity index (χ4n) is 1.04. The number of allylic oxidation sites excluding steroid dienone is 1. The fraction of sp³-hybridized carbons (Fsp3) is 0.100. The largest absolute Gasteiger partial charge is 0.229 e. The number of para-hydroxylation sites is 1. The van der Waals surface area contributed by atoms with Crippen LogP contribution in [0.3, 0.4) is 0 Å². The number of nitrogens with zero attached hydrogens (tertiary/aromatic N) is 1. The summed E-state index contributed by atoms with van der Waals surface area (Å²) in [4.78, 5) is 5.56. The van der Waals surface area contributed by atoms with Crippen LogP contribution in [0.1, 0.15) is 6.92 Å². The average Bonchev–Trinajstić information content (AvgIpc) is 2.44. The van der Waals surface area contributed by atoms with Crippen molar-refractivity contribution in [1.29, 1.82) is 0 Å². The van der Waals surface area contributed by atoms with Crippen molar-refractivity contribution in [2.24, 2.45) is 0 Å². The van der Waals surface area contributed by atoms with E-state index in [1.807, 2.05) is 25.1 Å². The summed E-state index contributed by atoms with van der Waals surface area (Å²) in [5.41, 5.74) is 1.08. The number of hydrogen-bond donors (Lipinski definition) is 0. The van der Waals surface area contributed by atoms with Crippen LogP contribution in [0.15, 0.2) is 40.1 Å². The minimum atomic E-state index is 1.08. The van der Waals surface area contributed by atoms with Crippen molar-refractivity contribution in [2.75, 3.05) is 0 Å². The third-order valence-electron chi connectivity index (χ3n) is 1.54. The highest BCUT2D eigenvalue weighted by Crippen LogP contribution is 2.32. The molecule has 0 atom stereocenters. The molecule has 3 heteroatoms. The van der Waals surface area contributed by atoms with Gasteiger partial charge in [-0.15, -0.1) is 11.3 Å². The fourth-order valence-corrected chi connectivity index (χ4v) is 3.05. The summed E-state index contributed by atoms with van der Waals surface area (Å²) in [6.45, 7) is 5.85. The van der Waals surface area contributed by atoms with Gasteiger partial charge in [-0.1, -0.05) is 30.5 Å². The van der Waals surface area contributed by atoms with Crippen LogP contribution in [0.25, 0.3) is 10.2 Å². The molecule has 0 radical (unpaired) electrons. The van der Waals surface area contributed by atoms with Gasteiger partial charge in [-0.2, -0.15) is 0 Å². The monoisotopic (exact) mass is 207 g/mol. The van der Waals surface area contributed by atoms with Crippen molar-refractivity contribution in [3.63, 3.8) is 0 Å². The van der Waals surface area contributed by atoms with Crippen LogP contribution in [-0.4, -0.2) is 4.98 Å². The molecule has 0 spiro atoms. The summed E-state index contributed by atoms with van der Waals surface area (Å²) in [6.07, 6.45) is 0. The molecule has 0 saturated heterocycles. The summed E-state index contributed by atoms with van der Waals surface area (Å²) >= 11 is 3.35. The Labute approximate surface area is 85.5 Å². The number of thioether (sulfide) groups is 1. The maximum absolute atomic E-state index is 4.47. The van der Waals surface area contributed by atoms with Gasteiger partial charge in [0.1, 0.15) is 0 Å². The maximum Gasteiger partial charge on any atom is 0.155 e. The van der Waals surface area contributed by atoms with Crippen LogP contribution in [0, 0.1) is 0 Å². The predicted octanol–water partition coefficient (Wildman–Crippen LogP) is 3.92. The molecule has 0 unspecified atom stereocenters. The van der Waals surface area contributed by atoms with Crippen LogP contribution in [0.2, 0.25) is 0 Å². The van der Waals surface area contributed by atoms with E-state index in [9.17, 15) is 0 Å². The highest BCUT2D eigenvalue weighted by molar-refractivity contribution is 8.04. The zero-order valence-electron chi connectivity index (χ0n) is 7.28. The van der Waals surface area contributed by atoms with Crippen LogP contribution >= 0.6 is 23.1 Å². The van der Waals surface area contributed by atoms with Crippen LogP contribution in [-0.2, 0) is 0 Å². The zero-order chi connectivity index (χ0) is 9.26. The number of hydrogen-bond acceptors (Lipinski definition) is 3. The Bertz CT molecular complexity index is 412. The number of thiazole rings is 1. The summed E-state index contributed by atoms with van der Waals surface area (Å²) in [5, 5.41) is 0. The van der Waals surface area contributed by atoms with E-state index in [2.05, 4.69) is 17.6 Å². The standard InChI is InChI=1S/C10H9NS2/c1-7(2)12-10-11-8-5-3-4-6-9(8)13-10/h3-6H,1H2,2H3. The predicted molar refractivity (Wildman–Crippen MR) is 60.3 cm³/mol. The van der Waals surface area contributed by atoms with E-state index < -0.39 is 0 Å². The van der Waals surface area contributed by atoms with E-state index in [-0.39, 0.29) is 0 Å². The van der Waals surface area contributed by atoms with Crippen LogP contribution in [0.4, 0.5) is 0 Å². The lowest BCUT2D eigenvalue weighted by atomic mass is 10.3. The molecule has 2 rings (SSSR count). The average molecular weight is 207 g/mol. The lowest BCUT2D eigenvalue weighted by Crippen LogP contribution is -1.67. The SMILES string of the molecule is C=C(C)Sc1nc2ccccc2s1. The second-order valence-electron chi connectivity index (χ2n) is 2.75. The molecule has 0 aliphatic rings. The van der Waals surface area contributed by atoms with Crippen molar-refractivity contribution < 1.29 is 0 Å². The molecule has 66 valence electrons. The van der Waals surface area contributed by atoms with Crippen molar-refractivity contribution in [1.82, 2.24) is 4.98 Å². The summed E-state index contributed by atoms with van der Waals surface area (Å²) in [5.74, 6) is 0.